The number of nitrogens with zero attached hydrogens (tertiary/aromatic N) is 3. The molecule has 9 nitrogen and oxygen atoms in total. The number of hydrogen-bond donors (Lipinski definition) is 1. The predicted molar refractivity (Wildman–Crippen MR) is 109 cm³/mol. The minimum atomic E-state index is -3.79. The number of carbonyl (C=O) groups excluding carboxylic acids is 1. The van der Waals surface area contributed by atoms with E-state index < -0.39 is 20.9 Å². The summed E-state index contributed by atoms with van der Waals surface area (Å²) in [7, 11) is -1.88. The summed E-state index contributed by atoms with van der Waals surface area (Å²) in [6, 6.07) is 9.53. The second-order valence-electron chi connectivity index (χ2n) is 6.58. The molecule has 0 unspecified atom stereocenters. The number of piperazine rings is 1. The molecule has 1 amide bonds. The van der Waals surface area contributed by atoms with Gasteiger partial charge in [0.1, 0.15) is 5.69 Å². The van der Waals surface area contributed by atoms with Crippen molar-refractivity contribution in [2.45, 2.75) is 4.90 Å². The van der Waals surface area contributed by atoms with E-state index in [9.17, 15) is 23.3 Å². The summed E-state index contributed by atoms with van der Waals surface area (Å²) in [5.74, 6) is -0.736. The Morgan fingerprint density at radius 1 is 1.14 bits per heavy atom. The largest absolute Gasteiger partial charge is 0.316 e. The number of rotatable bonds is 5. The van der Waals surface area contributed by atoms with Crippen LogP contribution in [0.2, 0.25) is 5.02 Å². The number of halogens is 1. The first-order valence-corrected chi connectivity index (χ1v) is 10.5. The third-order valence-electron chi connectivity index (χ3n) is 4.63. The van der Waals surface area contributed by atoms with Gasteiger partial charge in [-0.1, -0.05) is 23.7 Å². The average molecular weight is 439 g/mol. The highest BCUT2D eigenvalue weighted by atomic mass is 35.5. The van der Waals surface area contributed by atoms with E-state index >= 15 is 0 Å². The number of hydrogen-bond acceptors (Lipinski definition) is 6. The van der Waals surface area contributed by atoms with E-state index in [4.69, 9.17) is 11.6 Å². The Kier molecular flexibility index (Phi) is 6.18. The van der Waals surface area contributed by atoms with Crippen LogP contribution in [-0.4, -0.2) is 61.7 Å². The molecule has 0 radical (unpaired) electrons. The van der Waals surface area contributed by atoms with E-state index in [0.29, 0.717) is 26.2 Å². The molecule has 2 aromatic rings. The lowest BCUT2D eigenvalue weighted by atomic mass is 10.2. The molecule has 0 saturated carbocycles. The van der Waals surface area contributed by atoms with Crippen molar-refractivity contribution >= 4 is 38.9 Å². The molecule has 154 valence electrons. The highest BCUT2D eigenvalue weighted by molar-refractivity contribution is 7.89. The molecule has 11 heteroatoms. The van der Waals surface area contributed by atoms with Gasteiger partial charge in [0.15, 0.2) is 0 Å². The van der Waals surface area contributed by atoms with Gasteiger partial charge in [0.2, 0.25) is 10.0 Å². The minimum Gasteiger partial charge on any atom is -0.316 e. The number of sulfonamides is 1. The molecule has 1 N–H and O–H groups in total. The monoisotopic (exact) mass is 438 g/mol. The lowest BCUT2D eigenvalue weighted by Crippen LogP contribution is -2.47. The van der Waals surface area contributed by atoms with Crippen molar-refractivity contribution in [3.8, 4) is 0 Å². The number of amides is 1. The van der Waals surface area contributed by atoms with Gasteiger partial charge in [-0.25, -0.2) is 8.42 Å². The van der Waals surface area contributed by atoms with Crippen LogP contribution < -0.4 is 5.32 Å². The molecule has 29 heavy (non-hydrogen) atoms. The van der Waals surface area contributed by atoms with Gasteiger partial charge < -0.3 is 10.2 Å². The molecular weight excluding hydrogens is 420 g/mol. The fourth-order valence-electron chi connectivity index (χ4n) is 2.94. The van der Waals surface area contributed by atoms with Crippen LogP contribution in [0.15, 0.2) is 47.4 Å². The maximum Gasteiger partial charge on any atom is 0.292 e. The Morgan fingerprint density at radius 3 is 2.45 bits per heavy atom. The molecule has 0 aromatic heterocycles. The summed E-state index contributed by atoms with van der Waals surface area (Å²) in [4.78, 5) is 25.2. The Hall–Kier alpha value is -2.53. The Bertz CT molecular complexity index is 1050. The van der Waals surface area contributed by atoms with Gasteiger partial charge in [-0.3, -0.25) is 14.9 Å². The van der Waals surface area contributed by atoms with Crippen molar-refractivity contribution in [1.82, 2.24) is 9.21 Å². The highest BCUT2D eigenvalue weighted by Gasteiger charge is 2.29. The van der Waals surface area contributed by atoms with Gasteiger partial charge in [0.25, 0.3) is 11.6 Å². The van der Waals surface area contributed by atoms with Gasteiger partial charge in [-0.2, -0.15) is 4.31 Å². The van der Waals surface area contributed by atoms with Crippen LogP contribution in [0, 0.1) is 10.1 Å². The first-order chi connectivity index (χ1) is 13.7. The molecule has 3 rings (SSSR count). The molecule has 0 atom stereocenters. The summed E-state index contributed by atoms with van der Waals surface area (Å²) in [5.41, 5.74) is -0.371. The van der Waals surface area contributed by atoms with Crippen molar-refractivity contribution in [3.05, 3.63) is 63.2 Å². The second-order valence-corrected chi connectivity index (χ2v) is 8.92. The molecule has 0 spiro atoms. The summed E-state index contributed by atoms with van der Waals surface area (Å²) >= 11 is 6.10. The van der Waals surface area contributed by atoms with E-state index in [1.807, 2.05) is 11.9 Å². The van der Waals surface area contributed by atoms with Crippen molar-refractivity contribution in [3.63, 3.8) is 0 Å². The van der Waals surface area contributed by atoms with Crippen LogP contribution in [0.1, 0.15) is 10.4 Å². The van der Waals surface area contributed by atoms with Crippen molar-refractivity contribution in [2.75, 3.05) is 38.5 Å². The first-order valence-electron chi connectivity index (χ1n) is 8.73. The fourth-order valence-corrected chi connectivity index (χ4v) is 4.60. The van der Waals surface area contributed by atoms with E-state index in [-0.39, 0.29) is 26.9 Å². The van der Waals surface area contributed by atoms with Crippen LogP contribution in [0.5, 0.6) is 0 Å². The minimum absolute atomic E-state index is 0.00843. The van der Waals surface area contributed by atoms with E-state index in [1.165, 1.54) is 40.7 Å². The summed E-state index contributed by atoms with van der Waals surface area (Å²) in [5, 5.41) is 13.6. The fraction of sp³-hybridized carbons (Fsp3) is 0.278. The lowest BCUT2D eigenvalue weighted by molar-refractivity contribution is -0.383. The number of nitrogens with one attached hydrogen (secondary N) is 1. The van der Waals surface area contributed by atoms with Crippen LogP contribution in [-0.2, 0) is 10.0 Å². The van der Waals surface area contributed by atoms with Crippen molar-refractivity contribution in [2.24, 2.45) is 0 Å². The van der Waals surface area contributed by atoms with Crippen molar-refractivity contribution in [1.29, 1.82) is 0 Å². The molecule has 0 aliphatic carbocycles. The topological polar surface area (TPSA) is 113 Å². The normalized spacial score (nSPS) is 15.8. The third-order valence-corrected chi connectivity index (χ3v) is 6.86. The van der Waals surface area contributed by atoms with Gasteiger partial charge in [0, 0.05) is 32.2 Å². The predicted octanol–water partition coefficient (Wildman–Crippen LogP) is 2.44. The number of likely N-dealkylation sites (N-methyl/N-ethyl adjacent to an activating group) is 1. The number of para-hydroxylation sites is 2. The smallest absolute Gasteiger partial charge is 0.292 e. The second kappa shape index (κ2) is 8.46. The summed E-state index contributed by atoms with van der Waals surface area (Å²) in [6.45, 7) is 1.91. The van der Waals surface area contributed by atoms with Crippen LogP contribution in [0.25, 0.3) is 0 Å². The summed E-state index contributed by atoms with van der Waals surface area (Å²) in [6.07, 6.45) is 0. The molecule has 1 aliphatic rings. The zero-order chi connectivity index (χ0) is 21.2. The molecule has 0 bridgehead atoms. The zero-order valence-electron chi connectivity index (χ0n) is 15.5. The number of nitro benzene ring substituents is 1. The van der Waals surface area contributed by atoms with E-state index in [0.717, 1.165) is 0 Å². The van der Waals surface area contributed by atoms with E-state index in [2.05, 4.69) is 5.32 Å². The molecule has 1 heterocycles. The SMILES string of the molecule is CN1CCN(S(=O)(=O)c2ccc(Cl)c(C(=O)Nc3ccccc3[N+](=O)[O-])c2)CC1. The number of benzene rings is 2. The molecule has 1 saturated heterocycles. The Labute approximate surface area is 173 Å². The van der Waals surface area contributed by atoms with Gasteiger partial charge >= 0.3 is 0 Å². The highest BCUT2D eigenvalue weighted by Crippen LogP contribution is 2.27. The van der Waals surface area contributed by atoms with Gasteiger partial charge in [0.05, 0.1) is 20.4 Å². The maximum absolute atomic E-state index is 12.9. The third kappa shape index (κ3) is 4.56. The van der Waals surface area contributed by atoms with Crippen LogP contribution in [0.3, 0.4) is 0 Å². The summed E-state index contributed by atoms with van der Waals surface area (Å²) < 4.78 is 27.2. The quantitative estimate of drug-likeness (QED) is 0.566. The standard InChI is InChI=1S/C18H19ClN4O5S/c1-21-8-10-22(11-9-21)29(27,28)13-6-7-15(19)14(12-13)18(24)20-16-4-2-3-5-17(16)23(25)26/h2-7,12H,8-11H2,1H3,(H,20,24). The van der Waals surface area contributed by atoms with Gasteiger partial charge in [-0.05, 0) is 31.3 Å². The van der Waals surface area contributed by atoms with E-state index in [1.54, 1.807) is 6.07 Å². The Balaban J connectivity index is 1.89. The average Bonchev–Trinajstić information content (AvgIpc) is 2.68. The van der Waals surface area contributed by atoms with Gasteiger partial charge in [-0.15, -0.1) is 0 Å². The number of anilines is 1. The lowest BCUT2D eigenvalue weighted by Gasteiger charge is -2.31. The van der Waals surface area contributed by atoms with Crippen LogP contribution in [0.4, 0.5) is 11.4 Å². The molecule has 1 fully saturated rings. The van der Waals surface area contributed by atoms with Crippen molar-refractivity contribution < 1.29 is 18.1 Å². The molecule has 2 aromatic carbocycles. The molecular formula is C18H19ClN4O5S. The Morgan fingerprint density at radius 2 is 1.79 bits per heavy atom. The number of nitro groups is 1. The maximum atomic E-state index is 12.9. The van der Waals surface area contributed by atoms with Crippen LogP contribution >= 0.6 is 11.6 Å². The number of carbonyl (C=O) groups is 1. The molecule has 1 aliphatic heterocycles. The first kappa shape index (κ1) is 21.2. The zero-order valence-corrected chi connectivity index (χ0v) is 17.1.